The molecule has 1 aromatic rings. The van der Waals surface area contributed by atoms with Crippen LogP contribution in [0.15, 0.2) is 17.3 Å². The highest BCUT2D eigenvalue weighted by atomic mass is 35.5. The third kappa shape index (κ3) is 4.62. The van der Waals surface area contributed by atoms with Crippen LogP contribution in [0.2, 0.25) is 5.02 Å². The largest absolute Gasteiger partial charge is 0.376 e. The van der Waals surface area contributed by atoms with E-state index in [9.17, 15) is 0 Å². The predicted octanol–water partition coefficient (Wildman–Crippen LogP) is 1.10. The van der Waals surface area contributed by atoms with Gasteiger partial charge in [-0.1, -0.05) is 11.6 Å². The van der Waals surface area contributed by atoms with Crippen molar-refractivity contribution in [3.8, 4) is 0 Å². The molecule has 1 aliphatic heterocycles. The molecule has 1 unspecified atom stereocenters. The Morgan fingerprint density at radius 1 is 1.57 bits per heavy atom. The van der Waals surface area contributed by atoms with Crippen molar-refractivity contribution in [2.24, 2.45) is 12.0 Å². The first-order valence-corrected chi connectivity index (χ1v) is 7.40. The minimum atomic E-state index is 0.0772. The summed E-state index contributed by atoms with van der Waals surface area (Å²) in [6, 6.07) is 1.96. The van der Waals surface area contributed by atoms with Crippen LogP contribution in [0, 0.1) is 0 Å². The number of nitrogens with one attached hydrogen (secondary N) is 1. The van der Waals surface area contributed by atoms with Gasteiger partial charge in [-0.15, -0.1) is 0 Å². The van der Waals surface area contributed by atoms with Crippen LogP contribution in [-0.2, 0) is 23.1 Å². The molecule has 1 saturated heterocycles. The predicted molar refractivity (Wildman–Crippen MR) is 83.8 cm³/mol. The van der Waals surface area contributed by atoms with E-state index in [1.165, 1.54) is 0 Å². The first kappa shape index (κ1) is 16.1. The Bertz CT molecular complexity index is 483. The number of ether oxygens (including phenoxy) is 2. The van der Waals surface area contributed by atoms with E-state index in [0.717, 1.165) is 23.2 Å². The van der Waals surface area contributed by atoms with Crippen molar-refractivity contribution in [1.29, 1.82) is 0 Å². The third-order valence-electron chi connectivity index (χ3n) is 3.42. The number of halogens is 1. The quantitative estimate of drug-likeness (QED) is 0.668. The number of aryl methyl sites for hydroxylation is 1. The lowest BCUT2D eigenvalue weighted by Crippen LogP contribution is -2.45. The van der Waals surface area contributed by atoms with Crippen LogP contribution in [0.1, 0.15) is 5.69 Å². The van der Waals surface area contributed by atoms with Crippen LogP contribution in [0.5, 0.6) is 0 Å². The smallest absolute Gasteiger partial charge is 0.193 e. The van der Waals surface area contributed by atoms with Gasteiger partial charge < -0.3 is 24.3 Å². The zero-order valence-electron chi connectivity index (χ0n) is 12.8. The van der Waals surface area contributed by atoms with E-state index in [0.29, 0.717) is 26.4 Å². The summed E-state index contributed by atoms with van der Waals surface area (Å²) in [6.45, 7) is 3.37. The molecule has 0 aromatic carbocycles. The molecule has 1 fully saturated rings. The molecule has 1 N–H and O–H groups in total. The average Bonchev–Trinajstić information content (AvgIpc) is 2.78. The molecule has 0 amide bonds. The Labute approximate surface area is 130 Å². The Morgan fingerprint density at radius 3 is 2.95 bits per heavy atom. The number of nitrogens with zero attached hydrogens (tertiary/aromatic N) is 3. The van der Waals surface area contributed by atoms with Crippen molar-refractivity contribution in [1.82, 2.24) is 14.8 Å². The topological polar surface area (TPSA) is 51.0 Å². The van der Waals surface area contributed by atoms with Crippen molar-refractivity contribution in [2.45, 2.75) is 12.6 Å². The summed E-state index contributed by atoms with van der Waals surface area (Å²) < 4.78 is 13.0. The van der Waals surface area contributed by atoms with Gasteiger partial charge >= 0.3 is 0 Å². The summed E-state index contributed by atoms with van der Waals surface area (Å²) in [5.41, 5.74) is 1.13. The summed E-state index contributed by atoms with van der Waals surface area (Å²) in [4.78, 5) is 6.35. The highest BCUT2D eigenvalue weighted by Crippen LogP contribution is 2.14. The molecule has 2 heterocycles. The van der Waals surface area contributed by atoms with Gasteiger partial charge in [0.15, 0.2) is 5.96 Å². The zero-order chi connectivity index (χ0) is 15.2. The zero-order valence-corrected chi connectivity index (χ0v) is 13.6. The average molecular weight is 315 g/mol. The van der Waals surface area contributed by atoms with Crippen LogP contribution < -0.4 is 5.32 Å². The van der Waals surface area contributed by atoms with Gasteiger partial charge in [0.25, 0.3) is 0 Å². The fourth-order valence-electron chi connectivity index (χ4n) is 2.29. The van der Waals surface area contributed by atoms with Crippen LogP contribution in [0.25, 0.3) is 0 Å². The molecule has 0 spiro atoms. The van der Waals surface area contributed by atoms with Crippen LogP contribution >= 0.6 is 11.6 Å². The van der Waals surface area contributed by atoms with Gasteiger partial charge in [-0.2, -0.15) is 0 Å². The maximum atomic E-state index is 6.01. The van der Waals surface area contributed by atoms with Gasteiger partial charge in [0.1, 0.15) is 0 Å². The Balaban J connectivity index is 1.86. The number of aromatic nitrogens is 1. The van der Waals surface area contributed by atoms with E-state index in [-0.39, 0.29) is 6.10 Å². The Morgan fingerprint density at radius 2 is 2.38 bits per heavy atom. The van der Waals surface area contributed by atoms with E-state index < -0.39 is 0 Å². The SMILES string of the molecule is CN=C(NCC1COCCO1)N(C)Cc1cc(Cl)cn1C. The lowest BCUT2D eigenvalue weighted by molar-refractivity contribution is -0.0851. The number of hydrogen-bond donors (Lipinski definition) is 1. The van der Waals surface area contributed by atoms with Gasteiger partial charge in [0, 0.05) is 39.6 Å². The van der Waals surface area contributed by atoms with Gasteiger partial charge in [-0.25, -0.2) is 0 Å². The van der Waals surface area contributed by atoms with E-state index in [4.69, 9.17) is 21.1 Å². The molecule has 6 nitrogen and oxygen atoms in total. The lowest BCUT2D eigenvalue weighted by atomic mass is 10.3. The molecule has 1 aromatic heterocycles. The van der Waals surface area contributed by atoms with Crippen molar-refractivity contribution in [3.05, 3.63) is 23.0 Å². The molecular weight excluding hydrogens is 292 g/mol. The van der Waals surface area contributed by atoms with Crippen molar-refractivity contribution >= 4 is 17.6 Å². The molecule has 0 aliphatic carbocycles. The standard InChI is InChI=1S/C14H23ClN4O2/c1-16-14(17-7-13-10-20-4-5-21-13)19(3)9-12-6-11(15)8-18(12)2/h6,8,13H,4-5,7,9-10H2,1-3H3,(H,16,17). The molecule has 2 rings (SSSR count). The number of guanidine groups is 1. The summed E-state index contributed by atoms with van der Waals surface area (Å²) >= 11 is 6.01. The van der Waals surface area contributed by atoms with Crippen LogP contribution in [0.3, 0.4) is 0 Å². The van der Waals surface area contributed by atoms with Gasteiger partial charge in [0.2, 0.25) is 0 Å². The fourth-order valence-corrected chi connectivity index (χ4v) is 2.56. The first-order valence-electron chi connectivity index (χ1n) is 7.02. The Kier molecular flexibility index (Phi) is 5.90. The third-order valence-corrected chi connectivity index (χ3v) is 3.63. The molecule has 1 aliphatic rings. The minimum Gasteiger partial charge on any atom is -0.376 e. The summed E-state index contributed by atoms with van der Waals surface area (Å²) in [5, 5.41) is 4.06. The second-order valence-corrected chi connectivity index (χ2v) is 5.55. The molecule has 0 bridgehead atoms. The van der Waals surface area contributed by atoms with Crippen LogP contribution in [0.4, 0.5) is 0 Å². The minimum absolute atomic E-state index is 0.0772. The monoisotopic (exact) mass is 314 g/mol. The Hall–Kier alpha value is -1.24. The normalized spacial score (nSPS) is 19.6. The lowest BCUT2D eigenvalue weighted by Gasteiger charge is -2.27. The molecule has 118 valence electrons. The van der Waals surface area contributed by atoms with E-state index >= 15 is 0 Å². The highest BCUT2D eigenvalue weighted by Gasteiger charge is 2.16. The fraction of sp³-hybridized carbons (Fsp3) is 0.643. The first-order chi connectivity index (χ1) is 10.1. The molecule has 1 atom stereocenters. The van der Waals surface area contributed by atoms with Gasteiger partial charge in [0.05, 0.1) is 37.5 Å². The van der Waals surface area contributed by atoms with Crippen molar-refractivity contribution in [2.75, 3.05) is 40.5 Å². The maximum absolute atomic E-state index is 6.01. The van der Waals surface area contributed by atoms with Gasteiger partial charge in [-0.3, -0.25) is 4.99 Å². The van der Waals surface area contributed by atoms with Crippen LogP contribution in [-0.4, -0.2) is 62.0 Å². The summed E-state index contributed by atoms with van der Waals surface area (Å²) in [6.07, 6.45) is 1.97. The molecule has 0 radical (unpaired) electrons. The highest BCUT2D eigenvalue weighted by molar-refractivity contribution is 6.30. The van der Waals surface area contributed by atoms with Gasteiger partial charge in [-0.05, 0) is 6.07 Å². The number of aliphatic imine (C=N–C) groups is 1. The van der Waals surface area contributed by atoms with E-state index in [1.54, 1.807) is 7.05 Å². The van der Waals surface area contributed by atoms with Crippen molar-refractivity contribution in [3.63, 3.8) is 0 Å². The molecule has 7 heteroatoms. The molecular formula is C14H23ClN4O2. The summed E-state index contributed by atoms with van der Waals surface area (Å²) in [7, 11) is 5.75. The number of hydrogen-bond acceptors (Lipinski definition) is 3. The molecule has 0 saturated carbocycles. The number of rotatable bonds is 4. The summed E-state index contributed by atoms with van der Waals surface area (Å²) in [5.74, 6) is 0.821. The van der Waals surface area contributed by atoms with E-state index in [1.807, 2.05) is 30.9 Å². The second kappa shape index (κ2) is 7.68. The molecule has 21 heavy (non-hydrogen) atoms. The maximum Gasteiger partial charge on any atom is 0.193 e. The van der Waals surface area contributed by atoms with E-state index in [2.05, 4.69) is 15.2 Å². The second-order valence-electron chi connectivity index (χ2n) is 5.11. The van der Waals surface area contributed by atoms with Crippen molar-refractivity contribution < 1.29 is 9.47 Å².